The van der Waals surface area contributed by atoms with E-state index in [1.165, 1.54) is 18.2 Å². The highest BCUT2D eigenvalue weighted by Gasteiger charge is 2.22. The Bertz CT molecular complexity index is 776. The second-order valence-corrected chi connectivity index (χ2v) is 5.52. The Kier molecular flexibility index (Phi) is 4.01. The smallest absolute Gasteiger partial charge is 0.354 e. The molecule has 1 amide bonds. The number of fused-ring (bicyclic) bond motifs is 1. The van der Waals surface area contributed by atoms with Crippen LogP contribution in [-0.2, 0) is 12.8 Å². The zero-order valence-corrected chi connectivity index (χ0v) is 12.6. The molecule has 7 heteroatoms. The lowest BCUT2D eigenvalue weighted by atomic mass is 9.92. The molecule has 7 nitrogen and oxygen atoms in total. The number of carboxylic acid groups (broad SMARTS) is 1. The number of hydrogen-bond acceptors (Lipinski definition) is 5. The SMILES string of the molecule is Cc1ncc2c(n1)CCC(NC(=O)c1cccc(C(=O)O)n1)C2. The number of hydrogen-bond donors (Lipinski definition) is 2. The van der Waals surface area contributed by atoms with Gasteiger partial charge in [-0.05, 0) is 43.9 Å². The maximum absolute atomic E-state index is 12.3. The molecule has 0 saturated heterocycles. The van der Waals surface area contributed by atoms with Gasteiger partial charge in [0, 0.05) is 17.9 Å². The van der Waals surface area contributed by atoms with E-state index in [1.807, 2.05) is 6.92 Å². The fourth-order valence-corrected chi connectivity index (χ4v) is 2.67. The number of carbonyl (C=O) groups is 2. The van der Waals surface area contributed by atoms with Crippen molar-refractivity contribution in [2.45, 2.75) is 32.2 Å². The van der Waals surface area contributed by atoms with Gasteiger partial charge in [-0.15, -0.1) is 0 Å². The third-order valence-electron chi connectivity index (χ3n) is 3.81. The Hall–Kier alpha value is -2.83. The van der Waals surface area contributed by atoms with E-state index in [0.717, 1.165) is 29.9 Å². The van der Waals surface area contributed by atoms with Gasteiger partial charge in [0.2, 0.25) is 0 Å². The van der Waals surface area contributed by atoms with Crippen molar-refractivity contribution in [3.63, 3.8) is 0 Å². The molecule has 118 valence electrons. The van der Waals surface area contributed by atoms with E-state index in [1.54, 1.807) is 6.20 Å². The molecule has 1 aliphatic rings. The Morgan fingerprint density at radius 1 is 1.26 bits per heavy atom. The number of pyridine rings is 1. The van der Waals surface area contributed by atoms with Gasteiger partial charge in [-0.3, -0.25) is 4.79 Å². The molecular weight excluding hydrogens is 296 g/mol. The van der Waals surface area contributed by atoms with Gasteiger partial charge in [-0.1, -0.05) is 6.07 Å². The normalized spacial score (nSPS) is 16.5. The third kappa shape index (κ3) is 3.33. The Morgan fingerprint density at radius 3 is 2.83 bits per heavy atom. The van der Waals surface area contributed by atoms with Crippen LogP contribution in [0.3, 0.4) is 0 Å². The lowest BCUT2D eigenvalue weighted by Crippen LogP contribution is -2.39. The highest BCUT2D eigenvalue weighted by atomic mass is 16.4. The highest BCUT2D eigenvalue weighted by Crippen LogP contribution is 2.19. The Morgan fingerprint density at radius 2 is 2.04 bits per heavy atom. The monoisotopic (exact) mass is 312 g/mol. The number of carbonyl (C=O) groups excluding carboxylic acids is 1. The van der Waals surface area contributed by atoms with Crippen LogP contribution in [0.2, 0.25) is 0 Å². The molecule has 2 heterocycles. The molecule has 2 N–H and O–H groups in total. The van der Waals surface area contributed by atoms with E-state index in [0.29, 0.717) is 6.42 Å². The number of nitrogens with one attached hydrogen (secondary N) is 1. The quantitative estimate of drug-likeness (QED) is 0.881. The molecule has 3 rings (SSSR count). The molecule has 0 aliphatic heterocycles. The first-order valence-electron chi connectivity index (χ1n) is 7.35. The standard InChI is InChI=1S/C16H16N4O3/c1-9-17-8-10-7-11(5-6-12(10)18-9)19-15(21)13-3-2-4-14(20-13)16(22)23/h2-4,8,11H,5-7H2,1H3,(H,19,21)(H,22,23). The number of aromatic carboxylic acids is 1. The largest absolute Gasteiger partial charge is 0.477 e. The average Bonchev–Trinajstić information content (AvgIpc) is 2.55. The number of aryl methyl sites for hydroxylation is 2. The van der Waals surface area contributed by atoms with Crippen LogP contribution in [0.15, 0.2) is 24.4 Å². The van der Waals surface area contributed by atoms with Crippen LogP contribution in [-0.4, -0.2) is 38.0 Å². The first-order chi connectivity index (χ1) is 11.0. The van der Waals surface area contributed by atoms with E-state index >= 15 is 0 Å². The van der Waals surface area contributed by atoms with Crippen molar-refractivity contribution in [1.29, 1.82) is 0 Å². The number of aromatic nitrogens is 3. The summed E-state index contributed by atoms with van der Waals surface area (Å²) in [6, 6.07) is 4.34. The Labute approximate surface area is 132 Å². The molecule has 23 heavy (non-hydrogen) atoms. The number of amides is 1. The van der Waals surface area contributed by atoms with Gasteiger partial charge >= 0.3 is 5.97 Å². The van der Waals surface area contributed by atoms with E-state index in [9.17, 15) is 9.59 Å². The molecular formula is C16H16N4O3. The molecule has 0 radical (unpaired) electrons. The summed E-state index contributed by atoms with van der Waals surface area (Å²) in [7, 11) is 0. The summed E-state index contributed by atoms with van der Waals surface area (Å²) < 4.78 is 0. The van der Waals surface area contributed by atoms with E-state index in [4.69, 9.17) is 5.11 Å². The van der Waals surface area contributed by atoms with Crippen LogP contribution in [0.4, 0.5) is 0 Å². The topological polar surface area (TPSA) is 105 Å². The van der Waals surface area contributed by atoms with Crippen molar-refractivity contribution >= 4 is 11.9 Å². The van der Waals surface area contributed by atoms with Crippen molar-refractivity contribution in [3.05, 3.63) is 52.9 Å². The molecule has 0 fully saturated rings. The van der Waals surface area contributed by atoms with Crippen LogP contribution < -0.4 is 5.32 Å². The molecule has 1 atom stereocenters. The van der Waals surface area contributed by atoms with Crippen molar-refractivity contribution in [2.75, 3.05) is 0 Å². The molecule has 1 aliphatic carbocycles. The predicted molar refractivity (Wildman–Crippen MR) is 81.2 cm³/mol. The van der Waals surface area contributed by atoms with Crippen LogP contribution in [0.1, 0.15) is 44.5 Å². The van der Waals surface area contributed by atoms with Crippen LogP contribution in [0, 0.1) is 6.92 Å². The second-order valence-electron chi connectivity index (χ2n) is 5.52. The van der Waals surface area contributed by atoms with Gasteiger partial charge in [0.15, 0.2) is 0 Å². The third-order valence-corrected chi connectivity index (χ3v) is 3.81. The summed E-state index contributed by atoms with van der Waals surface area (Å²) in [6.45, 7) is 1.86. The summed E-state index contributed by atoms with van der Waals surface area (Å²) in [5.74, 6) is -0.769. The maximum atomic E-state index is 12.3. The molecule has 0 spiro atoms. The summed E-state index contributed by atoms with van der Waals surface area (Å²) in [5, 5.41) is 11.8. The van der Waals surface area contributed by atoms with Crippen molar-refractivity contribution in [1.82, 2.24) is 20.3 Å². The van der Waals surface area contributed by atoms with Gasteiger partial charge in [0.05, 0.1) is 0 Å². The summed E-state index contributed by atoms with van der Waals surface area (Å²) in [4.78, 5) is 35.6. The molecule has 0 bridgehead atoms. The first-order valence-corrected chi connectivity index (χ1v) is 7.35. The zero-order chi connectivity index (χ0) is 16.4. The van der Waals surface area contributed by atoms with Crippen molar-refractivity contribution < 1.29 is 14.7 Å². The van der Waals surface area contributed by atoms with Crippen molar-refractivity contribution in [2.24, 2.45) is 0 Å². The zero-order valence-electron chi connectivity index (χ0n) is 12.6. The lowest BCUT2D eigenvalue weighted by Gasteiger charge is -2.24. The summed E-state index contributed by atoms with van der Waals surface area (Å²) in [5.41, 5.74) is 2.04. The lowest BCUT2D eigenvalue weighted by molar-refractivity contribution is 0.0690. The van der Waals surface area contributed by atoms with Crippen LogP contribution >= 0.6 is 0 Å². The number of rotatable bonds is 3. The van der Waals surface area contributed by atoms with Gasteiger partial charge in [-0.2, -0.15) is 0 Å². The molecule has 2 aromatic heterocycles. The van der Waals surface area contributed by atoms with Gasteiger partial charge in [-0.25, -0.2) is 19.7 Å². The highest BCUT2D eigenvalue weighted by molar-refractivity contribution is 5.94. The average molecular weight is 312 g/mol. The molecule has 1 unspecified atom stereocenters. The van der Waals surface area contributed by atoms with E-state index in [-0.39, 0.29) is 23.3 Å². The minimum atomic E-state index is -1.15. The van der Waals surface area contributed by atoms with Gasteiger partial charge in [0.25, 0.3) is 5.91 Å². The summed E-state index contributed by atoms with van der Waals surface area (Å²) >= 11 is 0. The predicted octanol–water partition coefficient (Wildman–Crippen LogP) is 1.17. The van der Waals surface area contributed by atoms with Gasteiger partial charge < -0.3 is 10.4 Å². The summed E-state index contributed by atoms with van der Waals surface area (Å²) in [6.07, 6.45) is 4.04. The van der Waals surface area contributed by atoms with Crippen LogP contribution in [0.25, 0.3) is 0 Å². The first kappa shape index (κ1) is 15.1. The molecule has 0 aromatic carbocycles. The minimum absolute atomic E-state index is 0.0309. The fourth-order valence-electron chi connectivity index (χ4n) is 2.67. The number of nitrogens with zero attached hydrogens (tertiary/aromatic N) is 3. The van der Waals surface area contributed by atoms with E-state index in [2.05, 4.69) is 20.3 Å². The maximum Gasteiger partial charge on any atom is 0.354 e. The van der Waals surface area contributed by atoms with E-state index < -0.39 is 5.97 Å². The van der Waals surface area contributed by atoms with Crippen LogP contribution in [0.5, 0.6) is 0 Å². The molecule has 2 aromatic rings. The second kappa shape index (κ2) is 6.12. The fraction of sp³-hybridized carbons (Fsp3) is 0.312. The number of carboxylic acids is 1. The minimum Gasteiger partial charge on any atom is -0.477 e. The Balaban J connectivity index is 1.70. The van der Waals surface area contributed by atoms with Crippen molar-refractivity contribution in [3.8, 4) is 0 Å². The molecule has 0 saturated carbocycles. The van der Waals surface area contributed by atoms with Gasteiger partial charge in [0.1, 0.15) is 17.2 Å².